The maximum Gasteiger partial charge on any atom is 0.233 e. The molecule has 2 saturated heterocycles. The van der Waals surface area contributed by atoms with Crippen LogP contribution in [0.5, 0.6) is 0 Å². The van der Waals surface area contributed by atoms with Gasteiger partial charge in [0.05, 0.1) is 5.41 Å². The Morgan fingerprint density at radius 2 is 2.16 bits per heavy atom. The number of fused-ring (bicyclic) bond motifs is 1. The number of carbonyl (C=O) groups excluding carboxylic acids is 1. The predicted molar refractivity (Wildman–Crippen MR) is 77.2 cm³/mol. The summed E-state index contributed by atoms with van der Waals surface area (Å²) in [5.74, 6) is 0.686. The minimum absolute atomic E-state index is 0.262. The Morgan fingerprint density at radius 1 is 1.37 bits per heavy atom. The summed E-state index contributed by atoms with van der Waals surface area (Å²) in [6.45, 7) is 8.22. The molecule has 0 aromatic heterocycles. The van der Waals surface area contributed by atoms with Crippen molar-refractivity contribution in [2.24, 2.45) is 11.3 Å². The van der Waals surface area contributed by atoms with Gasteiger partial charge in [0.25, 0.3) is 0 Å². The van der Waals surface area contributed by atoms with Crippen molar-refractivity contribution in [1.29, 1.82) is 0 Å². The van der Waals surface area contributed by atoms with Crippen LogP contribution in [0.2, 0.25) is 0 Å². The van der Waals surface area contributed by atoms with E-state index < -0.39 is 0 Å². The van der Waals surface area contributed by atoms with E-state index in [1.807, 2.05) is 6.07 Å². The molecule has 1 aromatic carbocycles. The standard InChI is InChI=1S/C16H22N2O/c1-11-5-4-6-12(9-11)18-14-7-8-17-10-13(14)16(2,3)15(18)19/h4-6,9,13-14,17H,7-8,10H2,1-3H3. The van der Waals surface area contributed by atoms with Crippen molar-refractivity contribution in [3.8, 4) is 0 Å². The van der Waals surface area contributed by atoms with Crippen LogP contribution >= 0.6 is 0 Å². The molecule has 3 nitrogen and oxygen atoms in total. The van der Waals surface area contributed by atoms with Crippen LogP contribution in [0, 0.1) is 18.3 Å². The molecule has 19 heavy (non-hydrogen) atoms. The van der Waals surface area contributed by atoms with Crippen LogP contribution in [-0.4, -0.2) is 25.0 Å². The van der Waals surface area contributed by atoms with Crippen LogP contribution in [0.1, 0.15) is 25.8 Å². The number of hydrogen-bond donors (Lipinski definition) is 1. The average Bonchev–Trinajstić information content (AvgIpc) is 2.58. The Hall–Kier alpha value is -1.35. The van der Waals surface area contributed by atoms with Crippen LogP contribution in [0.3, 0.4) is 0 Å². The zero-order valence-corrected chi connectivity index (χ0v) is 11.9. The van der Waals surface area contributed by atoms with Crippen molar-refractivity contribution >= 4 is 11.6 Å². The fraction of sp³-hybridized carbons (Fsp3) is 0.562. The topological polar surface area (TPSA) is 32.3 Å². The Bertz CT molecular complexity index is 509. The summed E-state index contributed by atoms with van der Waals surface area (Å²) in [6, 6.07) is 8.66. The van der Waals surface area contributed by atoms with E-state index >= 15 is 0 Å². The second-order valence-corrected chi connectivity index (χ2v) is 6.40. The summed E-state index contributed by atoms with van der Waals surface area (Å²) in [6.07, 6.45) is 1.05. The van der Waals surface area contributed by atoms with E-state index in [2.05, 4.69) is 49.2 Å². The van der Waals surface area contributed by atoms with Crippen molar-refractivity contribution in [3.63, 3.8) is 0 Å². The molecule has 0 bridgehead atoms. The third kappa shape index (κ3) is 1.88. The number of aryl methyl sites for hydroxylation is 1. The molecule has 1 amide bonds. The molecule has 0 saturated carbocycles. The van der Waals surface area contributed by atoms with Crippen LogP contribution in [0.25, 0.3) is 0 Å². The highest BCUT2D eigenvalue weighted by atomic mass is 16.2. The maximum absolute atomic E-state index is 12.8. The molecule has 3 rings (SSSR count). The molecule has 2 aliphatic rings. The number of anilines is 1. The lowest BCUT2D eigenvalue weighted by molar-refractivity contribution is -0.125. The van der Waals surface area contributed by atoms with Crippen LogP contribution in [0.15, 0.2) is 24.3 Å². The SMILES string of the molecule is Cc1cccc(N2C(=O)C(C)(C)C3CNCCC32)c1. The highest BCUT2D eigenvalue weighted by molar-refractivity contribution is 6.00. The Labute approximate surface area is 115 Å². The van der Waals surface area contributed by atoms with Gasteiger partial charge in [-0.05, 0) is 37.6 Å². The van der Waals surface area contributed by atoms with E-state index in [1.165, 1.54) is 5.56 Å². The second kappa shape index (κ2) is 4.34. The van der Waals surface area contributed by atoms with E-state index in [0.717, 1.165) is 25.2 Å². The molecule has 102 valence electrons. The Kier molecular flexibility index (Phi) is 2.90. The number of carbonyl (C=O) groups is 1. The first kappa shape index (κ1) is 12.7. The first-order chi connectivity index (χ1) is 9.01. The first-order valence-electron chi connectivity index (χ1n) is 7.13. The summed E-state index contributed by atoms with van der Waals surface area (Å²) in [4.78, 5) is 14.9. The largest absolute Gasteiger partial charge is 0.316 e. The predicted octanol–water partition coefficient (Wildman–Crippen LogP) is 2.35. The van der Waals surface area contributed by atoms with Crippen LogP contribution in [0.4, 0.5) is 5.69 Å². The van der Waals surface area contributed by atoms with Crippen molar-refractivity contribution in [1.82, 2.24) is 5.32 Å². The molecule has 2 atom stereocenters. The van der Waals surface area contributed by atoms with Crippen molar-refractivity contribution < 1.29 is 4.79 Å². The summed E-state index contributed by atoms with van der Waals surface area (Å²) in [5, 5.41) is 3.44. The van der Waals surface area contributed by atoms with Gasteiger partial charge in [-0.3, -0.25) is 4.79 Å². The van der Waals surface area contributed by atoms with Gasteiger partial charge in [-0.25, -0.2) is 0 Å². The smallest absolute Gasteiger partial charge is 0.233 e. The molecule has 0 spiro atoms. The van der Waals surface area contributed by atoms with Gasteiger partial charge in [0.15, 0.2) is 0 Å². The quantitative estimate of drug-likeness (QED) is 0.838. The minimum atomic E-state index is -0.262. The van der Waals surface area contributed by atoms with Gasteiger partial charge < -0.3 is 10.2 Å². The number of hydrogen-bond acceptors (Lipinski definition) is 2. The third-order valence-electron chi connectivity index (χ3n) is 4.75. The van der Waals surface area contributed by atoms with E-state index in [4.69, 9.17) is 0 Å². The lowest BCUT2D eigenvalue weighted by atomic mass is 9.76. The first-order valence-corrected chi connectivity index (χ1v) is 7.13. The molecule has 2 unspecified atom stereocenters. The number of amides is 1. The molecular weight excluding hydrogens is 236 g/mol. The van der Waals surface area contributed by atoms with E-state index in [1.54, 1.807) is 0 Å². The third-order valence-corrected chi connectivity index (χ3v) is 4.75. The van der Waals surface area contributed by atoms with E-state index in [9.17, 15) is 4.79 Å². The zero-order valence-electron chi connectivity index (χ0n) is 11.9. The van der Waals surface area contributed by atoms with E-state index in [0.29, 0.717) is 12.0 Å². The van der Waals surface area contributed by atoms with Gasteiger partial charge in [-0.1, -0.05) is 26.0 Å². The summed E-state index contributed by atoms with van der Waals surface area (Å²) >= 11 is 0. The molecular formula is C16H22N2O. The molecule has 3 heteroatoms. The summed E-state index contributed by atoms with van der Waals surface area (Å²) in [5.41, 5.74) is 2.01. The molecule has 0 aliphatic carbocycles. The maximum atomic E-state index is 12.8. The average molecular weight is 258 g/mol. The van der Waals surface area contributed by atoms with Gasteiger partial charge >= 0.3 is 0 Å². The molecule has 1 aromatic rings. The van der Waals surface area contributed by atoms with Crippen molar-refractivity contribution in [2.75, 3.05) is 18.0 Å². The monoisotopic (exact) mass is 258 g/mol. The summed E-state index contributed by atoms with van der Waals surface area (Å²) < 4.78 is 0. The van der Waals surface area contributed by atoms with Gasteiger partial charge in [0.1, 0.15) is 0 Å². The number of nitrogens with zero attached hydrogens (tertiary/aromatic N) is 1. The molecule has 0 radical (unpaired) electrons. The lowest BCUT2D eigenvalue weighted by Crippen LogP contribution is -2.45. The van der Waals surface area contributed by atoms with Crippen molar-refractivity contribution in [2.45, 2.75) is 33.2 Å². The number of rotatable bonds is 1. The van der Waals surface area contributed by atoms with E-state index in [-0.39, 0.29) is 11.3 Å². The molecule has 2 fully saturated rings. The highest BCUT2D eigenvalue weighted by Gasteiger charge is 2.54. The molecule has 2 aliphatic heterocycles. The minimum Gasteiger partial charge on any atom is -0.316 e. The summed E-state index contributed by atoms with van der Waals surface area (Å²) in [7, 11) is 0. The zero-order chi connectivity index (χ0) is 13.6. The normalized spacial score (nSPS) is 29.4. The van der Waals surface area contributed by atoms with Gasteiger partial charge in [-0.15, -0.1) is 0 Å². The lowest BCUT2D eigenvalue weighted by Gasteiger charge is -2.34. The highest BCUT2D eigenvalue weighted by Crippen LogP contribution is 2.45. The number of piperidine rings is 1. The van der Waals surface area contributed by atoms with Crippen LogP contribution < -0.4 is 10.2 Å². The van der Waals surface area contributed by atoms with Gasteiger partial charge in [0, 0.05) is 24.2 Å². The van der Waals surface area contributed by atoms with Crippen molar-refractivity contribution in [3.05, 3.63) is 29.8 Å². The molecule has 2 heterocycles. The van der Waals surface area contributed by atoms with Gasteiger partial charge in [0.2, 0.25) is 5.91 Å². The van der Waals surface area contributed by atoms with Gasteiger partial charge in [-0.2, -0.15) is 0 Å². The Balaban J connectivity index is 2.03. The molecule has 1 N–H and O–H groups in total. The number of benzene rings is 1. The Morgan fingerprint density at radius 3 is 2.89 bits per heavy atom. The van der Waals surface area contributed by atoms with Crippen LogP contribution in [-0.2, 0) is 4.79 Å². The fourth-order valence-corrected chi connectivity index (χ4v) is 3.60. The second-order valence-electron chi connectivity index (χ2n) is 6.40. The number of nitrogens with one attached hydrogen (secondary N) is 1. The fourth-order valence-electron chi connectivity index (χ4n) is 3.60.